The summed E-state index contributed by atoms with van der Waals surface area (Å²) >= 11 is 5.40. The van der Waals surface area contributed by atoms with Crippen LogP contribution in [0, 0.1) is 3.57 Å². The third-order valence-corrected chi connectivity index (χ3v) is 3.66. The Morgan fingerprint density at radius 3 is 2.80 bits per heavy atom. The van der Waals surface area contributed by atoms with E-state index < -0.39 is 5.97 Å². The van der Waals surface area contributed by atoms with Crippen LogP contribution in [-0.4, -0.2) is 11.9 Å². The number of carbonyl (C=O) groups excluding carboxylic acids is 1. The van der Waals surface area contributed by atoms with Crippen molar-refractivity contribution in [3.05, 3.63) is 61.7 Å². The molecule has 0 atom stereocenters. The quantitative estimate of drug-likeness (QED) is 0.400. The number of carbonyl (C=O) groups is 1. The average Bonchev–Trinajstić information content (AvgIpc) is 2.97. The van der Waals surface area contributed by atoms with Gasteiger partial charge in [0.15, 0.2) is 10.4 Å². The second-order valence-corrected chi connectivity index (χ2v) is 6.02. The van der Waals surface area contributed by atoms with Crippen molar-refractivity contribution in [2.75, 3.05) is 0 Å². The Kier molecular flexibility index (Phi) is 3.75. The summed E-state index contributed by atoms with van der Waals surface area (Å²) in [6.07, 6.45) is 1.55. The zero-order valence-corrected chi connectivity index (χ0v) is 13.7. The Hall–Kier alpha value is -1.41. The van der Waals surface area contributed by atoms with Gasteiger partial charge in [0.05, 0.1) is 0 Å². The number of halogens is 2. The molecule has 1 aliphatic rings. The zero-order valence-electron chi connectivity index (χ0n) is 9.97. The van der Waals surface area contributed by atoms with Gasteiger partial charge in [0.25, 0.3) is 0 Å². The Morgan fingerprint density at radius 2 is 2.10 bits per heavy atom. The van der Waals surface area contributed by atoms with Gasteiger partial charge in [-0.05, 0) is 68.9 Å². The van der Waals surface area contributed by atoms with Crippen molar-refractivity contribution in [2.24, 2.45) is 4.99 Å². The molecule has 100 valence electrons. The van der Waals surface area contributed by atoms with Gasteiger partial charge in [-0.3, -0.25) is 0 Å². The summed E-state index contributed by atoms with van der Waals surface area (Å²) in [5.41, 5.74) is 0.995. The average molecular weight is 444 g/mol. The molecule has 0 amide bonds. The minimum atomic E-state index is -0.480. The normalized spacial score (nSPS) is 16.4. The van der Waals surface area contributed by atoms with Gasteiger partial charge >= 0.3 is 5.97 Å². The fourth-order valence-corrected chi connectivity index (χ4v) is 2.56. The van der Waals surface area contributed by atoms with E-state index >= 15 is 0 Å². The molecular formula is C14H7BrINO3. The molecule has 2 aromatic rings. The number of nitrogens with zero attached hydrogens (tertiary/aromatic N) is 1. The summed E-state index contributed by atoms with van der Waals surface area (Å²) in [6, 6.07) is 11.1. The van der Waals surface area contributed by atoms with Crippen LogP contribution in [0.2, 0.25) is 0 Å². The number of esters is 1. The maximum Gasteiger partial charge on any atom is 0.363 e. The second-order valence-electron chi connectivity index (χ2n) is 3.99. The number of cyclic esters (lactones) is 1. The summed E-state index contributed by atoms with van der Waals surface area (Å²) < 4.78 is 12.1. The van der Waals surface area contributed by atoms with E-state index in [1.807, 2.05) is 24.3 Å². The van der Waals surface area contributed by atoms with E-state index in [9.17, 15) is 4.79 Å². The number of hydrogen-bond donors (Lipinski definition) is 0. The van der Waals surface area contributed by atoms with E-state index in [1.54, 1.807) is 18.2 Å². The van der Waals surface area contributed by atoms with Crippen LogP contribution in [0.4, 0.5) is 0 Å². The highest BCUT2D eigenvalue weighted by atomic mass is 127. The van der Waals surface area contributed by atoms with Crippen molar-refractivity contribution in [1.82, 2.24) is 0 Å². The predicted octanol–water partition coefficient (Wildman–Crippen LogP) is 3.99. The molecule has 0 aliphatic carbocycles. The Labute approximate surface area is 136 Å². The molecule has 0 saturated heterocycles. The van der Waals surface area contributed by atoms with Crippen molar-refractivity contribution in [1.29, 1.82) is 0 Å². The molecule has 0 saturated carbocycles. The SMILES string of the molecule is O=C1OC(c2cccc(I)c2)=NC1=Cc1ccc(Br)o1. The number of rotatable bonds is 2. The predicted molar refractivity (Wildman–Crippen MR) is 86.2 cm³/mol. The van der Waals surface area contributed by atoms with Crippen LogP contribution in [0.1, 0.15) is 11.3 Å². The van der Waals surface area contributed by atoms with E-state index in [4.69, 9.17) is 9.15 Å². The number of benzene rings is 1. The van der Waals surface area contributed by atoms with Crippen LogP contribution in [0.25, 0.3) is 6.08 Å². The number of aliphatic imine (C=N–C) groups is 1. The van der Waals surface area contributed by atoms with Gasteiger partial charge in [0.1, 0.15) is 5.76 Å². The van der Waals surface area contributed by atoms with Gasteiger partial charge in [-0.15, -0.1) is 0 Å². The van der Waals surface area contributed by atoms with Crippen molar-refractivity contribution in [3.8, 4) is 0 Å². The van der Waals surface area contributed by atoms with Crippen molar-refractivity contribution >= 4 is 56.5 Å². The Bertz CT molecular complexity index is 748. The molecule has 20 heavy (non-hydrogen) atoms. The molecule has 0 radical (unpaired) electrons. The molecule has 0 unspecified atom stereocenters. The van der Waals surface area contributed by atoms with E-state index in [2.05, 4.69) is 43.5 Å². The summed E-state index contributed by atoms with van der Waals surface area (Å²) in [7, 11) is 0. The molecule has 0 bridgehead atoms. The highest BCUT2D eigenvalue weighted by Gasteiger charge is 2.24. The molecular weight excluding hydrogens is 437 g/mol. The molecule has 2 heterocycles. The molecule has 0 spiro atoms. The summed E-state index contributed by atoms with van der Waals surface area (Å²) in [5, 5.41) is 0. The molecule has 4 nitrogen and oxygen atoms in total. The number of furan rings is 1. The molecule has 6 heteroatoms. The number of ether oxygens (including phenoxy) is 1. The first kappa shape index (κ1) is 13.6. The van der Waals surface area contributed by atoms with Crippen LogP contribution in [0.3, 0.4) is 0 Å². The van der Waals surface area contributed by atoms with E-state index in [0.717, 1.165) is 9.13 Å². The second kappa shape index (κ2) is 5.53. The molecule has 3 rings (SSSR count). The van der Waals surface area contributed by atoms with Crippen molar-refractivity contribution < 1.29 is 13.9 Å². The minimum Gasteiger partial charge on any atom is -0.450 e. The molecule has 1 aromatic carbocycles. The van der Waals surface area contributed by atoms with Gasteiger partial charge in [-0.2, -0.15) is 0 Å². The molecule has 0 N–H and O–H groups in total. The summed E-state index contributed by atoms with van der Waals surface area (Å²) in [4.78, 5) is 16.0. The minimum absolute atomic E-state index is 0.223. The van der Waals surface area contributed by atoms with Crippen LogP contribution in [0.15, 0.2) is 56.2 Å². The van der Waals surface area contributed by atoms with Gasteiger partial charge in [0.2, 0.25) is 5.90 Å². The first-order chi connectivity index (χ1) is 9.61. The van der Waals surface area contributed by atoms with Gasteiger partial charge < -0.3 is 9.15 Å². The van der Waals surface area contributed by atoms with Gasteiger partial charge in [0, 0.05) is 15.2 Å². The lowest BCUT2D eigenvalue weighted by atomic mass is 10.2. The zero-order chi connectivity index (χ0) is 14.1. The highest BCUT2D eigenvalue weighted by molar-refractivity contribution is 14.1. The lowest BCUT2D eigenvalue weighted by molar-refractivity contribution is -0.129. The third-order valence-electron chi connectivity index (χ3n) is 2.57. The maximum atomic E-state index is 11.8. The first-order valence-corrected chi connectivity index (χ1v) is 7.53. The van der Waals surface area contributed by atoms with Gasteiger partial charge in [-0.25, -0.2) is 9.79 Å². The van der Waals surface area contributed by atoms with Gasteiger partial charge in [-0.1, -0.05) is 6.07 Å². The van der Waals surface area contributed by atoms with Crippen molar-refractivity contribution in [3.63, 3.8) is 0 Å². The summed E-state index contributed by atoms with van der Waals surface area (Å²) in [5.74, 6) is 0.369. The van der Waals surface area contributed by atoms with Crippen LogP contribution in [-0.2, 0) is 9.53 Å². The lowest BCUT2D eigenvalue weighted by Crippen LogP contribution is -2.05. The van der Waals surface area contributed by atoms with E-state index in [1.165, 1.54) is 0 Å². The van der Waals surface area contributed by atoms with E-state index in [-0.39, 0.29) is 5.70 Å². The van der Waals surface area contributed by atoms with Crippen LogP contribution >= 0.6 is 38.5 Å². The van der Waals surface area contributed by atoms with Crippen LogP contribution < -0.4 is 0 Å². The standard InChI is InChI=1S/C14H7BrINO3/c15-12-5-4-10(19-12)7-11-14(18)20-13(17-11)8-2-1-3-9(16)6-8/h1-7H. The molecule has 1 aliphatic heterocycles. The molecule has 1 aromatic heterocycles. The third kappa shape index (κ3) is 2.85. The fourth-order valence-electron chi connectivity index (χ4n) is 1.69. The lowest BCUT2D eigenvalue weighted by Gasteiger charge is -1.99. The van der Waals surface area contributed by atoms with Crippen LogP contribution in [0.5, 0.6) is 0 Å². The topological polar surface area (TPSA) is 51.8 Å². The largest absolute Gasteiger partial charge is 0.450 e. The Balaban J connectivity index is 1.94. The number of hydrogen-bond acceptors (Lipinski definition) is 4. The first-order valence-electron chi connectivity index (χ1n) is 5.66. The van der Waals surface area contributed by atoms with Crippen molar-refractivity contribution in [2.45, 2.75) is 0 Å². The molecule has 0 fully saturated rings. The smallest absolute Gasteiger partial charge is 0.363 e. The Morgan fingerprint density at radius 1 is 1.25 bits per heavy atom. The monoisotopic (exact) mass is 443 g/mol. The highest BCUT2D eigenvalue weighted by Crippen LogP contribution is 2.22. The maximum absolute atomic E-state index is 11.8. The fraction of sp³-hybridized carbons (Fsp3) is 0. The van der Waals surface area contributed by atoms with E-state index in [0.29, 0.717) is 16.3 Å². The summed E-state index contributed by atoms with van der Waals surface area (Å²) in [6.45, 7) is 0.